The Balaban J connectivity index is 1.56. The van der Waals surface area contributed by atoms with Gasteiger partial charge in [-0.05, 0) is 59.8 Å². The van der Waals surface area contributed by atoms with Gasteiger partial charge < -0.3 is 4.74 Å². The van der Waals surface area contributed by atoms with Crippen molar-refractivity contribution >= 4 is 60.8 Å². The van der Waals surface area contributed by atoms with Gasteiger partial charge in [-0.2, -0.15) is 0 Å². The highest BCUT2D eigenvalue weighted by Crippen LogP contribution is 2.36. The third-order valence-corrected chi connectivity index (χ3v) is 6.60. The van der Waals surface area contributed by atoms with Gasteiger partial charge in [0.25, 0.3) is 11.1 Å². The Bertz CT molecular complexity index is 1230. The molecule has 1 aliphatic heterocycles. The zero-order valence-corrected chi connectivity index (χ0v) is 20.5. The van der Waals surface area contributed by atoms with Crippen LogP contribution < -0.4 is 4.74 Å². The first kappa shape index (κ1) is 22.8. The minimum atomic E-state index is -0.361. The standard InChI is InChI=1S/C24H16Br2FNO3S/c25-18-6-3-4-15(10-18)13-28-23(29)22(32-24(28)30)12-17-11-19(26)8-9-21(17)31-14-16-5-1-2-7-20(16)27/h1-12H,13-14H2/b22-12-. The van der Waals surface area contributed by atoms with Gasteiger partial charge in [-0.15, -0.1) is 0 Å². The molecule has 0 unspecified atom stereocenters. The Morgan fingerprint density at radius 1 is 0.969 bits per heavy atom. The Hall–Kier alpha value is -2.42. The predicted octanol–water partition coefficient (Wildman–Crippen LogP) is 7.17. The number of hydrogen-bond acceptors (Lipinski definition) is 4. The number of hydrogen-bond donors (Lipinski definition) is 0. The Kier molecular flexibility index (Phi) is 7.13. The second kappa shape index (κ2) is 10.0. The second-order valence-electron chi connectivity index (χ2n) is 6.96. The van der Waals surface area contributed by atoms with Crippen LogP contribution in [-0.2, 0) is 17.9 Å². The minimum Gasteiger partial charge on any atom is -0.488 e. The van der Waals surface area contributed by atoms with Crippen LogP contribution in [0.2, 0.25) is 0 Å². The molecule has 4 nitrogen and oxygen atoms in total. The average molecular weight is 577 g/mol. The molecule has 32 heavy (non-hydrogen) atoms. The number of thioether (sulfide) groups is 1. The molecule has 0 atom stereocenters. The summed E-state index contributed by atoms with van der Waals surface area (Å²) in [6, 6.07) is 19.2. The minimum absolute atomic E-state index is 0.0412. The largest absolute Gasteiger partial charge is 0.488 e. The van der Waals surface area contributed by atoms with Gasteiger partial charge in [0.15, 0.2) is 0 Å². The van der Waals surface area contributed by atoms with E-state index in [0.29, 0.717) is 21.8 Å². The molecular formula is C24H16Br2FNO3S. The van der Waals surface area contributed by atoms with E-state index < -0.39 is 0 Å². The summed E-state index contributed by atoms with van der Waals surface area (Å²) < 4.78 is 21.4. The number of amides is 2. The van der Waals surface area contributed by atoms with Gasteiger partial charge in [-0.25, -0.2) is 4.39 Å². The molecule has 1 fully saturated rings. The van der Waals surface area contributed by atoms with E-state index in [1.165, 1.54) is 11.0 Å². The van der Waals surface area contributed by atoms with Crippen LogP contribution in [-0.4, -0.2) is 16.0 Å². The highest BCUT2D eigenvalue weighted by Gasteiger charge is 2.35. The highest BCUT2D eigenvalue weighted by molar-refractivity contribution is 9.10. The number of nitrogens with zero attached hydrogens (tertiary/aromatic N) is 1. The number of carbonyl (C=O) groups excluding carboxylic acids is 2. The van der Waals surface area contributed by atoms with Crippen LogP contribution in [0.3, 0.4) is 0 Å². The molecule has 4 rings (SSSR count). The van der Waals surface area contributed by atoms with E-state index in [2.05, 4.69) is 31.9 Å². The normalized spacial score (nSPS) is 15.0. The van der Waals surface area contributed by atoms with E-state index in [9.17, 15) is 14.0 Å². The fourth-order valence-electron chi connectivity index (χ4n) is 3.13. The summed E-state index contributed by atoms with van der Waals surface area (Å²) in [4.78, 5) is 27.0. The average Bonchev–Trinajstić information content (AvgIpc) is 3.02. The summed E-state index contributed by atoms with van der Waals surface area (Å²) in [6.07, 6.45) is 1.63. The molecule has 1 aliphatic rings. The third-order valence-electron chi connectivity index (χ3n) is 4.70. The second-order valence-corrected chi connectivity index (χ2v) is 9.78. The van der Waals surface area contributed by atoms with Crippen LogP contribution in [0.1, 0.15) is 16.7 Å². The van der Waals surface area contributed by atoms with Gasteiger partial charge >= 0.3 is 0 Å². The van der Waals surface area contributed by atoms with Crippen LogP contribution in [0.5, 0.6) is 5.75 Å². The molecule has 162 valence electrons. The maximum Gasteiger partial charge on any atom is 0.293 e. The molecule has 0 aromatic heterocycles. The summed E-state index contributed by atoms with van der Waals surface area (Å²) in [6.45, 7) is 0.232. The molecule has 3 aromatic carbocycles. The van der Waals surface area contributed by atoms with Crippen molar-refractivity contribution in [2.75, 3.05) is 0 Å². The fraction of sp³-hybridized carbons (Fsp3) is 0.0833. The Labute approximate surface area is 205 Å². The Morgan fingerprint density at radius 2 is 1.75 bits per heavy atom. The molecule has 0 radical (unpaired) electrons. The Morgan fingerprint density at radius 3 is 2.53 bits per heavy atom. The number of carbonyl (C=O) groups is 2. The lowest BCUT2D eigenvalue weighted by atomic mass is 10.1. The maximum atomic E-state index is 13.9. The van der Waals surface area contributed by atoms with E-state index >= 15 is 0 Å². The van der Waals surface area contributed by atoms with Crippen molar-refractivity contribution in [3.05, 3.63) is 103 Å². The summed E-state index contributed by atoms with van der Waals surface area (Å²) in [5.41, 5.74) is 1.89. The molecule has 0 saturated carbocycles. The van der Waals surface area contributed by atoms with E-state index in [1.54, 1.807) is 42.5 Å². The number of rotatable bonds is 6. The zero-order chi connectivity index (χ0) is 22.7. The number of benzene rings is 3. The molecular weight excluding hydrogens is 561 g/mol. The lowest BCUT2D eigenvalue weighted by Gasteiger charge is -2.13. The molecule has 1 heterocycles. The zero-order valence-electron chi connectivity index (χ0n) is 16.6. The maximum absolute atomic E-state index is 13.9. The molecule has 2 amide bonds. The van der Waals surface area contributed by atoms with Crippen molar-refractivity contribution in [3.63, 3.8) is 0 Å². The van der Waals surface area contributed by atoms with Gasteiger partial charge in [-0.3, -0.25) is 14.5 Å². The number of ether oxygens (including phenoxy) is 1. The van der Waals surface area contributed by atoms with Crippen molar-refractivity contribution in [1.29, 1.82) is 0 Å². The monoisotopic (exact) mass is 575 g/mol. The first-order chi connectivity index (χ1) is 15.4. The van der Waals surface area contributed by atoms with Crippen molar-refractivity contribution in [1.82, 2.24) is 4.90 Å². The fourth-order valence-corrected chi connectivity index (χ4v) is 4.78. The predicted molar refractivity (Wildman–Crippen MR) is 131 cm³/mol. The van der Waals surface area contributed by atoms with Gasteiger partial charge in [0, 0.05) is 20.1 Å². The lowest BCUT2D eigenvalue weighted by Crippen LogP contribution is -2.27. The van der Waals surface area contributed by atoms with E-state index in [0.717, 1.165) is 26.3 Å². The van der Waals surface area contributed by atoms with Gasteiger partial charge in [-0.1, -0.05) is 62.2 Å². The van der Waals surface area contributed by atoms with Gasteiger partial charge in [0.1, 0.15) is 18.2 Å². The molecule has 0 bridgehead atoms. The molecule has 0 N–H and O–H groups in total. The first-order valence-corrected chi connectivity index (χ1v) is 12.0. The summed E-state index contributed by atoms with van der Waals surface area (Å²) >= 11 is 7.71. The third kappa shape index (κ3) is 5.31. The van der Waals surface area contributed by atoms with Crippen LogP contribution in [0.25, 0.3) is 6.08 Å². The quantitative estimate of drug-likeness (QED) is 0.292. The SMILES string of the molecule is O=C1S/C(=C\c2cc(Br)ccc2OCc2ccccc2F)C(=O)N1Cc1cccc(Br)c1. The molecule has 0 spiro atoms. The van der Waals surface area contributed by atoms with E-state index in [4.69, 9.17) is 4.74 Å². The van der Waals surface area contributed by atoms with Crippen LogP contribution >= 0.6 is 43.6 Å². The van der Waals surface area contributed by atoms with Crippen LogP contribution in [0.4, 0.5) is 9.18 Å². The molecule has 8 heteroatoms. The summed E-state index contributed by atoms with van der Waals surface area (Å²) in [7, 11) is 0. The molecule has 3 aromatic rings. The van der Waals surface area contributed by atoms with Crippen molar-refractivity contribution < 1.29 is 18.7 Å². The van der Waals surface area contributed by atoms with Gasteiger partial charge in [0.2, 0.25) is 0 Å². The van der Waals surface area contributed by atoms with Crippen LogP contribution in [0, 0.1) is 5.82 Å². The summed E-state index contributed by atoms with van der Waals surface area (Å²) in [5, 5.41) is -0.329. The van der Waals surface area contributed by atoms with Crippen molar-refractivity contribution in [3.8, 4) is 5.75 Å². The van der Waals surface area contributed by atoms with E-state index in [-0.39, 0.29) is 30.1 Å². The molecule has 1 saturated heterocycles. The first-order valence-electron chi connectivity index (χ1n) is 9.56. The molecule has 0 aliphatic carbocycles. The van der Waals surface area contributed by atoms with E-state index in [1.807, 2.05) is 24.3 Å². The van der Waals surface area contributed by atoms with Crippen molar-refractivity contribution in [2.24, 2.45) is 0 Å². The van der Waals surface area contributed by atoms with Gasteiger partial charge in [0.05, 0.1) is 11.4 Å². The smallest absolute Gasteiger partial charge is 0.293 e. The topological polar surface area (TPSA) is 46.6 Å². The van der Waals surface area contributed by atoms with Crippen molar-refractivity contribution in [2.45, 2.75) is 13.2 Å². The van der Waals surface area contributed by atoms with Crippen LogP contribution in [0.15, 0.2) is 80.6 Å². The number of imide groups is 1. The number of halogens is 3. The lowest BCUT2D eigenvalue weighted by molar-refractivity contribution is -0.123. The summed E-state index contributed by atoms with van der Waals surface area (Å²) in [5.74, 6) is -0.227. The highest BCUT2D eigenvalue weighted by atomic mass is 79.9.